The number of halogens is 1. The van der Waals surface area contributed by atoms with Gasteiger partial charge in [0.05, 0.1) is 0 Å². The molecule has 0 saturated carbocycles. The predicted molar refractivity (Wildman–Crippen MR) is 63.4 cm³/mol. The number of hydrogen-bond donors (Lipinski definition) is 2. The molecule has 1 heterocycles. The summed E-state index contributed by atoms with van der Waals surface area (Å²) in [6, 6.07) is 0.729. The Bertz CT molecular complexity index is 521. The highest BCUT2D eigenvalue weighted by molar-refractivity contribution is 9.10. The number of hydrogen-bond acceptors (Lipinski definition) is 4. The van der Waals surface area contributed by atoms with Crippen molar-refractivity contribution in [3.05, 3.63) is 16.5 Å². The first-order valence-electron chi connectivity index (χ1n) is 4.83. The number of carboxylic acid groups (broad SMARTS) is 1. The third-order valence-electron chi connectivity index (χ3n) is 2.12. The molecule has 0 amide bonds. The Morgan fingerprint density at radius 1 is 1.65 bits per heavy atom. The third-order valence-corrected chi connectivity index (χ3v) is 4.57. The fourth-order valence-corrected chi connectivity index (χ4v) is 3.32. The Morgan fingerprint density at radius 2 is 2.24 bits per heavy atom. The van der Waals surface area contributed by atoms with E-state index in [4.69, 9.17) is 9.52 Å². The van der Waals surface area contributed by atoms with Gasteiger partial charge in [0, 0.05) is 12.1 Å². The Hall–Kier alpha value is -0.860. The minimum atomic E-state index is -3.77. The summed E-state index contributed by atoms with van der Waals surface area (Å²) in [5.74, 6) is -1.75. The molecule has 0 aliphatic rings. The van der Waals surface area contributed by atoms with Gasteiger partial charge in [-0.15, -0.1) is 0 Å². The molecule has 17 heavy (non-hydrogen) atoms. The molecule has 8 heteroatoms. The van der Waals surface area contributed by atoms with Crippen LogP contribution < -0.4 is 4.72 Å². The monoisotopic (exact) mass is 325 g/mol. The summed E-state index contributed by atoms with van der Waals surface area (Å²) in [6.07, 6.45) is 0.625. The fourth-order valence-electron chi connectivity index (χ4n) is 1.05. The molecule has 96 valence electrons. The van der Waals surface area contributed by atoms with E-state index < -0.39 is 21.8 Å². The van der Waals surface area contributed by atoms with Gasteiger partial charge in [-0.1, -0.05) is 6.92 Å². The van der Waals surface area contributed by atoms with Crippen LogP contribution in [0.3, 0.4) is 0 Å². The Balaban J connectivity index is 3.11. The highest BCUT2D eigenvalue weighted by Crippen LogP contribution is 2.26. The molecule has 0 aliphatic heterocycles. The van der Waals surface area contributed by atoms with E-state index in [9.17, 15) is 13.2 Å². The summed E-state index contributed by atoms with van der Waals surface area (Å²) >= 11 is 2.88. The fraction of sp³-hybridized carbons (Fsp3) is 0.444. The van der Waals surface area contributed by atoms with Gasteiger partial charge in [0.25, 0.3) is 0 Å². The van der Waals surface area contributed by atoms with Crippen LogP contribution in [0.4, 0.5) is 0 Å². The summed E-state index contributed by atoms with van der Waals surface area (Å²) in [6.45, 7) is 3.55. The molecule has 2 N–H and O–H groups in total. The van der Waals surface area contributed by atoms with E-state index in [2.05, 4.69) is 20.7 Å². The molecule has 1 rings (SSSR count). The van der Waals surface area contributed by atoms with Gasteiger partial charge >= 0.3 is 5.97 Å². The lowest BCUT2D eigenvalue weighted by atomic mass is 10.3. The normalized spacial score (nSPS) is 13.6. The van der Waals surface area contributed by atoms with E-state index in [1.807, 2.05) is 6.92 Å². The Kier molecular flexibility index (Phi) is 4.34. The predicted octanol–water partition coefficient (Wildman–Crippen LogP) is 1.82. The van der Waals surface area contributed by atoms with Crippen LogP contribution in [0.15, 0.2) is 20.0 Å². The van der Waals surface area contributed by atoms with E-state index in [0.717, 1.165) is 6.07 Å². The van der Waals surface area contributed by atoms with Crippen LogP contribution in [0.2, 0.25) is 0 Å². The quantitative estimate of drug-likeness (QED) is 0.860. The molecule has 1 aromatic heterocycles. The van der Waals surface area contributed by atoms with Crippen LogP contribution in [0, 0.1) is 0 Å². The minimum Gasteiger partial charge on any atom is -0.475 e. The second-order valence-corrected chi connectivity index (χ2v) is 5.89. The van der Waals surface area contributed by atoms with Gasteiger partial charge in [0.2, 0.25) is 15.8 Å². The third kappa shape index (κ3) is 3.30. The average Bonchev–Trinajstić information content (AvgIpc) is 2.60. The van der Waals surface area contributed by atoms with Crippen molar-refractivity contribution in [1.82, 2.24) is 4.72 Å². The number of rotatable bonds is 5. The van der Waals surface area contributed by atoms with Crippen molar-refractivity contribution >= 4 is 31.9 Å². The molecular weight excluding hydrogens is 314 g/mol. The summed E-state index contributed by atoms with van der Waals surface area (Å²) in [4.78, 5) is 10.4. The molecule has 0 radical (unpaired) electrons. The number of nitrogens with one attached hydrogen (secondary N) is 1. The van der Waals surface area contributed by atoms with Crippen LogP contribution in [0.25, 0.3) is 0 Å². The average molecular weight is 326 g/mol. The zero-order valence-corrected chi connectivity index (χ0v) is 11.6. The van der Waals surface area contributed by atoms with Crippen molar-refractivity contribution in [2.24, 2.45) is 0 Å². The summed E-state index contributed by atoms with van der Waals surface area (Å²) in [5.41, 5.74) is 0. The zero-order valence-electron chi connectivity index (χ0n) is 9.23. The number of furan rings is 1. The van der Waals surface area contributed by atoms with Gasteiger partial charge in [-0.05, 0) is 29.3 Å². The first kappa shape index (κ1) is 14.2. The van der Waals surface area contributed by atoms with Crippen molar-refractivity contribution in [1.29, 1.82) is 0 Å². The van der Waals surface area contributed by atoms with Crippen molar-refractivity contribution in [3.8, 4) is 0 Å². The van der Waals surface area contributed by atoms with Crippen molar-refractivity contribution in [2.75, 3.05) is 0 Å². The molecular formula is C9H12BrNO5S. The largest absolute Gasteiger partial charge is 0.475 e. The molecule has 0 saturated heterocycles. The highest BCUT2D eigenvalue weighted by atomic mass is 79.9. The topological polar surface area (TPSA) is 96.6 Å². The highest BCUT2D eigenvalue weighted by Gasteiger charge is 2.25. The summed E-state index contributed by atoms with van der Waals surface area (Å²) < 4.78 is 30.8. The first-order chi connectivity index (χ1) is 7.77. The lowest BCUT2D eigenvalue weighted by Gasteiger charge is -2.10. The SMILES string of the molecule is CCC(C)NS(=O)(=O)c1cc(C(=O)O)oc1Br. The lowest BCUT2D eigenvalue weighted by molar-refractivity contribution is 0.0661. The Morgan fingerprint density at radius 3 is 2.65 bits per heavy atom. The van der Waals surface area contributed by atoms with Gasteiger partial charge < -0.3 is 9.52 Å². The molecule has 6 nitrogen and oxygen atoms in total. The number of aromatic carboxylic acids is 1. The molecule has 0 aliphatic carbocycles. The molecule has 1 unspecified atom stereocenters. The van der Waals surface area contributed by atoms with E-state index in [1.54, 1.807) is 6.92 Å². The van der Waals surface area contributed by atoms with Crippen molar-refractivity contribution in [2.45, 2.75) is 31.2 Å². The molecule has 0 bridgehead atoms. The van der Waals surface area contributed by atoms with Crippen LogP contribution in [0.5, 0.6) is 0 Å². The first-order valence-corrected chi connectivity index (χ1v) is 7.10. The number of carbonyl (C=O) groups is 1. The van der Waals surface area contributed by atoms with Crippen LogP contribution in [-0.2, 0) is 10.0 Å². The second kappa shape index (κ2) is 5.19. The van der Waals surface area contributed by atoms with Gasteiger partial charge in [-0.3, -0.25) is 0 Å². The van der Waals surface area contributed by atoms with Gasteiger partial charge in [-0.2, -0.15) is 0 Å². The molecule has 0 fully saturated rings. The van der Waals surface area contributed by atoms with Gasteiger partial charge in [0.1, 0.15) is 4.90 Å². The molecule has 1 aromatic rings. The second-order valence-electron chi connectivity index (χ2n) is 3.48. The number of carboxylic acids is 1. The molecule has 0 aromatic carbocycles. The van der Waals surface area contributed by atoms with Crippen LogP contribution in [-0.4, -0.2) is 25.5 Å². The standard InChI is InChI=1S/C9H12BrNO5S/c1-3-5(2)11-17(14,15)7-4-6(9(12)13)16-8(7)10/h4-5,11H,3H2,1-2H3,(H,12,13). The van der Waals surface area contributed by atoms with E-state index in [1.165, 1.54) is 0 Å². The van der Waals surface area contributed by atoms with Gasteiger partial charge in [-0.25, -0.2) is 17.9 Å². The number of sulfonamides is 1. The van der Waals surface area contributed by atoms with Crippen molar-refractivity contribution < 1.29 is 22.7 Å². The van der Waals surface area contributed by atoms with E-state index >= 15 is 0 Å². The maximum absolute atomic E-state index is 11.9. The van der Waals surface area contributed by atoms with Crippen molar-refractivity contribution in [3.63, 3.8) is 0 Å². The van der Waals surface area contributed by atoms with E-state index in [-0.39, 0.29) is 15.6 Å². The van der Waals surface area contributed by atoms with Crippen LogP contribution in [0.1, 0.15) is 30.8 Å². The lowest BCUT2D eigenvalue weighted by Crippen LogP contribution is -2.31. The zero-order chi connectivity index (χ0) is 13.2. The van der Waals surface area contributed by atoms with Gasteiger partial charge in [0.15, 0.2) is 4.67 Å². The smallest absolute Gasteiger partial charge is 0.371 e. The Labute approximate surface area is 107 Å². The molecule has 1 atom stereocenters. The van der Waals surface area contributed by atoms with E-state index in [0.29, 0.717) is 6.42 Å². The maximum Gasteiger partial charge on any atom is 0.371 e. The van der Waals surface area contributed by atoms with Crippen LogP contribution >= 0.6 is 15.9 Å². The minimum absolute atomic E-state index is 0.120. The maximum atomic E-state index is 11.9. The summed E-state index contributed by atoms with van der Waals surface area (Å²) in [7, 11) is -3.77. The summed E-state index contributed by atoms with van der Waals surface area (Å²) in [5, 5.41) is 8.69. The molecule has 0 spiro atoms.